The van der Waals surface area contributed by atoms with Crippen molar-refractivity contribution in [2.75, 3.05) is 28.7 Å². The molecule has 0 unspecified atom stereocenters. The molecule has 1 saturated heterocycles. The number of rotatable bonds is 5. The van der Waals surface area contributed by atoms with Crippen molar-refractivity contribution in [2.45, 2.75) is 26.7 Å². The maximum Gasteiger partial charge on any atom is 0.314 e. The SMILES string of the molecule is CCOc1ccc(NC(=O)C(=O)Nc2ccc(N3CCCC3=O)c(C)c2)cc1. The van der Waals surface area contributed by atoms with Crippen molar-refractivity contribution in [1.82, 2.24) is 0 Å². The normalized spacial score (nSPS) is 13.4. The molecular formula is C21H23N3O4. The number of hydrogen-bond donors (Lipinski definition) is 2. The molecule has 0 bridgehead atoms. The van der Waals surface area contributed by atoms with Crippen LogP contribution in [-0.2, 0) is 14.4 Å². The summed E-state index contributed by atoms with van der Waals surface area (Å²) >= 11 is 0. The minimum atomic E-state index is -0.765. The highest BCUT2D eigenvalue weighted by molar-refractivity contribution is 6.43. The average Bonchev–Trinajstić information content (AvgIpc) is 3.09. The summed E-state index contributed by atoms with van der Waals surface area (Å²) in [5.74, 6) is -0.731. The maximum atomic E-state index is 12.2. The van der Waals surface area contributed by atoms with Crippen LogP contribution in [0, 0.1) is 6.92 Å². The van der Waals surface area contributed by atoms with Gasteiger partial charge in [0.15, 0.2) is 0 Å². The Morgan fingerprint density at radius 2 is 1.68 bits per heavy atom. The second-order valence-corrected chi connectivity index (χ2v) is 6.52. The largest absolute Gasteiger partial charge is 0.494 e. The molecule has 1 aliphatic heterocycles. The smallest absolute Gasteiger partial charge is 0.314 e. The number of ether oxygens (including phenoxy) is 1. The second-order valence-electron chi connectivity index (χ2n) is 6.52. The predicted octanol–water partition coefficient (Wildman–Crippen LogP) is 3.10. The highest BCUT2D eigenvalue weighted by Gasteiger charge is 2.23. The lowest BCUT2D eigenvalue weighted by Crippen LogP contribution is -2.29. The van der Waals surface area contributed by atoms with Crippen LogP contribution in [0.15, 0.2) is 42.5 Å². The second kappa shape index (κ2) is 8.56. The summed E-state index contributed by atoms with van der Waals surface area (Å²) in [6.07, 6.45) is 1.41. The third-order valence-corrected chi connectivity index (χ3v) is 4.45. The zero-order valence-corrected chi connectivity index (χ0v) is 16.0. The van der Waals surface area contributed by atoms with Gasteiger partial charge < -0.3 is 20.3 Å². The van der Waals surface area contributed by atoms with E-state index in [2.05, 4.69) is 10.6 Å². The minimum Gasteiger partial charge on any atom is -0.494 e. The molecule has 28 heavy (non-hydrogen) atoms. The number of anilines is 3. The van der Waals surface area contributed by atoms with Gasteiger partial charge in [0.1, 0.15) is 5.75 Å². The van der Waals surface area contributed by atoms with Crippen LogP contribution in [0.3, 0.4) is 0 Å². The predicted molar refractivity (Wildman–Crippen MR) is 108 cm³/mol. The lowest BCUT2D eigenvalue weighted by atomic mass is 10.1. The molecule has 3 amide bonds. The van der Waals surface area contributed by atoms with Gasteiger partial charge in [-0.2, -0.15) is 0 Å². The first-order valence-corrected chi connectivity index (χ1v) is 9.24. The van der Waals surface area contributed by atoms with Gasteiger partial charge in [-0.05, 0) is 68.3 Å². The van der Waals surface area contributed by atoms with Crippen LogP contribution in [0.1, 0.15) is 25.3 Å². The molecule has 2 N–H and O–H groups in total. The number of nitrogens with zero attached hydrogens (tertiary/aromatic N) is 1. The van der Waals surface area contributed by atoms with Gasteiger partial charge in [-0.15, -0.1) is 0 Å². The first-order valence-electron chi connectivity index (χ1n) is 9.24. The molecule has 146 valence electrons. The van der Waals surface area contributed by atoms with Gasteiger partial charge in [-0.25, -0.2) is 0 Å². The number of carbonyl (C=O) groups is 3. The Bertz CT molecular complexity index is 893. The Kier molecular flexibility index (Phi) is 5.93. The zero-order chi connectivity index (χ0) is 20.1. The Labute approximate surface area is 163 Å². The monoisotopic (exact) mass is 381 g/mol. The van der Waals surface area contributed by atoms with Crippen LogP contribution in [0.25, 0.3) is 0 Å². The van der Waals surface area contributed by atoms with Crippen LogP contribution in [0.4, 0.5) is 17.1 Å². The van der Waals surface area contributed by atoms with Gasteiger partial charge >= 0.3 is 11.8 Å². The van der Waals surface area contributed by atoms with E-state index >= 15 is 0 Å². The van der Waals surface area contributed by atoms with Crippen molar-refractivity contribution in [3.63, 3.8) is 0 Å². The number of amides is 3. The molecule has 2 aromatic rings. The Balaban J connectivity index is 1.61. The van der Waals surface area contributed by atoms with Gasteiger partial charge in [-0.3, -0.25) is 14.4 Å². The fourth-order valence-corrected chi connectivity index (χ4v) is 3.12. The van der Waals surface area contributed by atoms with E-state index in [4.69, 9.17) is 4.74 Å². The number of carbonyl (C=O) groups excluding carboxylic acids is 3. The lowest BCUT2D eigenvalue weighted by Gasteiger charge is -2.19. The molecule has 1 heterocycles. The Morgan fingerprint density at radius 3 is 2.25 bits per heavy atom. The van der Waals surface area contributed by atoms with E-state index in [0.29, 0.717) is 36.7 Å². The molecule has 0 aliphatic carbocycles. The van der Waals surface area contributed by atoms with Crippen molar-refractivity contribution in [3.8, 4) is 5.75 Å². The highest BCUT2D eigenvalue weighted by atomic mass is 16.5. The Hall–Kier alpha value is -3.35. The summed E-state index contributed by atoms with van der Waals surface area (Å²) in [6, 6.07) is 12.0. The molecular weight excluding hydrogens is 358 g/mol. The zero-order valence-electron chi connectivity index (χ0n) is 16.0. The first-order chi connectivity index (χ1) is 13.5. The number of aryl methyl sites for hydroxylation is 1. The Morgan fingerprint density at radius 1 is 1.04 bits per heavy atom. The topological polar surface area (TPSA) is 87.7 Å². The fourth-order valence-electron chi connectivity index (χ4n) is 3.12. The van der Waals surface area contributed by atoms with Gasteiger partial charge in [0.2, 0.25) is 5.91 Å². The molecule has 1 aliphatic rings. The van der Waals surface area contributed by atoms with Gasteiger partial charge in [0.25, 0.3) is 0 Å². The van der Waals surface area contributed by atoms with Crippen molar-refractivity contribution in [2.24, 2.45) is 0 Å². The molecule has 2 aromatic carbocycles. The minimum absolute atomic E-state index is 0.106. The summed E-state index contributed by atoms with van der Waals surface area (Å²) in [5, 5.41) is 5.13. The third-order valence-electron chi connectivity index (χ3n) is 4.45. The summed E-state index contributed by atoms with van der Waals surface area (Å²) in [5.41, 5.74) is 2.70. The fraction of sp³-hybridized carbons (Fsp3) is 0.286. The quantitative estimate of drug-likeness (QED) is 0.779. The molecule has 1 fully saturated rings. The third kappa shape index (κ3) is 4.49. The van der Waals surface area contributed by atoms with Crippen molar-refractivity contribution >= 4 is 34.8 Å². The van der Waals surface area contributed by atoms with Gasteiger partial charge in [0, 0.05) is 30.0 Å². The summed E-state index contributed by atoms with van der Waals surface area (Å²) < 4.78 is 5.34. The summed E-state index contributed by atoms with van der Waals surface area (Å²) in [4.78, 5) is 38.0. The van der Waals surface area contributed by atoms with Crippen LogP contribution in [0.5, 0.6) is 5.75 Å². The van der Waals surface area contributed by atoms with Crippen LogP contribution >= 0.6 is 0 Å². The van der Waals surface area contributed by atoms with E-state index in [9.17, 15) is 14.4 Å². The molecule has 0 spiro atoms. The van der Waals surface area contributed by atoms with Gasteiger partial charge in [0.05, 0.1) is 6.61 Å². The van der Waals surface area contributed by atoms with Crippen LogP contribution in [0.2, 0.25) is 0 Å². The number of benzene rings is 2. The van der Waals surface area contributed by atoms with Crippen molar-refractivity contribution in [3.05, 3.63) is 48.0 Å². The van der Waals surface area contributed by atoms with E-state index in [-0.39, 0.29) is 5.91 Å². The van der Waals surface area contributed by atoms with E-state index in [0.717, 1.165) is 17.7 Å². The van der Waals surface area contributed by atoms with E-state index in [1.807, 2.05) is 13.8 Å². The molecule has 0 aromatic heterocycles. The maximum absolute atomic E-state index is 12.2. The van der Waals surface area contributed by atoms with Crippen LogP contribution < -0.4 is 20.3 Å². The van der Waals surface area contributed by atoms with Crippen molar-refractivity contribution in [1.29, 1.82) is 0 Å². The molecule has 7 heteroatoms. The first kappa shape index (κ1) is 19.4. The molecule has 0 saturated carbocycles. The van der Waals surface area contributed by atoms with E-state index in [1.165, 1.54) is 0 Å². The number of hydrogen-bond acceptors (Lipinski definition) is 4. The van der Waals surface area contributed by atoms with Crippen molar-refractivity contribution < 1.29 is 19.1 Å². The van der Waals surface area contributed by atoms with E-state index in [1.54, 1.807) is 47.4 Å². The molecule has 3 rings (SSSR count). The lowest BCUT2D eigenvalue weighted by molar-refractivity contribution is -0.132. The molecule has 0 atom stereocenters. The van der Waals surface area contributed by atoms with E-state index < -0.39 is 11.8 Å². The van der Waals surface area contributed by atoms with Crippen LogP contribution in [-0.4, -0.2) is 30.9 Å². The molecule has 0 radical (unpaired) electrons. The standard InChI is InChI=1S/C21H23N3O4/c1-3-28-17-9-6-15(7-10-17)22-20(26)21(27)23-16-8-11-18(14(2)13-16)24-12-4-5-19(24)25/h6-11,13H,3-5,12H2,1-2H3,(H,22,26)(H,23,27). The summed E-state index contributed by atoms with van der Waals surface area (Å²) in [6.45, 7) is 5.02. The summed E-state index contributed by atoms with van der Waals surface area (Å²) in [7, 11) is 0. The number of nitrogens with one attached hydrogen (secondary N) is 2. The molecule has 7 nitrogen and oxygen atoms in total. The van der Waals surface area contributed by atoms with Gasteiger partial charge in [-0.1, -0.05) is 0 Å². The average molecular weight is 381 g/mol. The highest BCUT2D eigenvalue weighted by Crippen LogP contribution is 2.27.